The summed E-state index contributed by atoms with van der Waals surface area (Å²) >= 11 is 0. The SMILES string of the molecule is CN(C)CCN(CC(N)=O)C(=O)CCN1C(=O)c2cc(NC(=O)c3cnccn3)ccc2CC1c1cccc2ccccc12. The summed E-state index contributed by atoms with van der Waals surface area (Å²) in [6.07, 6.45) is 4.82. The predicted molar refractivity (Wildman–Crippen MR) is 167 cm³/mol. The second-order valence-electron chi connectivity index (χ2n) is 11.0. The molecule has 44 heavy (non-hydrogen) atoms. The number of anilines is 1. The molecule has 0 fully saturated rings. The molecule has 3 aromatic carbocycles. The summed E-state index contributed by atoms with van der Waals surface area (Å²) in [5.41, 5.74) is 8.32. The van der Waals surface area contributed by atoms with Crippen LogP contribution in [0.25, 0.3) is 10.8 Å². The summed E-state index contributed by atoms with van der Waals surface area (Å²) in [5, 5.41) is 4.88. The maximum absolute atomic E-state index is 14.2. The van der Waals surface area contributed by atoms with Crippen LogP contribution in [-0.4, -0.2) is 88.6 Å². The van der Waals surface area contributed by atoms with Crippen molar-refractivity contribution in [2.75, 3.05) is 45.6 Å². The number of nitrogens with one attached hydrogen (secondary N) is 1. The van der Waals surface area contributed by atoms with Gasteiger partial charge in [0.15, 0.2) is 0 Å². The molecular formula is C33H35N7O4. The zero-order valence-corrected chi connectivity index (χ0v) is 24.8. The van der Waals surface area contributed by atoms with Crippen LogP contribution in [0, 0.1) is 0 Å². The number of carbonyl (C=O) groups is 4. The fourth-order valence-electron chi connectivity index (χ4n) is 5.51. The van der Waals surface area contributed by atoms with Crippen LogP contribution in [0.4, 0.5) is 5.69 Å². The van der Waals surface area contributed by atoms with Crippen molar-refractivity contribution in [3.63, 3.8) is 0 Å². The van der Waals surface area contributed by atoms with Crippen molar-refractivity contribution in [2.45, 2.75) is 18.9 Å². The van der Waals surface area contributed by atoms with Crippen LogP contribution in [0.1, 0.15) is 44.4 Å². The Morgan fingerprint density at radius 1 is 1.02 bits per heavy atom. The molecule has 11 nitrogen and oxygen atoms in total. The van der Waals surface area contributed by atoms with Crippen LogP contribution in [0.3, 0.4) is 0 Å². The lowest BCUT2D eigenvalue weighted by molar-refractivity contribution is -0.135. The second-order valence-corrected chi connectivity index (χ2v) is 11.0. The fourth-order valence-corrected chi connectivity index (χ4v) is 5.51. The van der Waals surface area contributed by atoms with Gasteiger partial charge in [0.1, 0.15) is 5.69 Å². The monoisotopic (exact) mass is 593 g/mol. The average molecular weight is 594 g/mol. The van der Waals surface area contributed by atoms with Gasteiger partial charge in [0.05, 0.1) is 18.8 Å². The largest absolute Gasteiger partial charge is 0.368 e. The minimum Gasteiger partial charge on any atom is -0.368 e. The molecule has 5 rings (SSSR count). The summed E-state index contributed by atoms with van der Waals surface area (Å²) in [6.45, 7) is 0.855. The highest BCUT2D eigenvalue weighted by Crippen LogP contribution is 2.37. The van der Waals surface area contributed by atoms with Crippen molar-refractivity contribution in [3.05, 3.63) is 102 Å². The van der Waals surface area contributed by atoms with Gasteiger partial charge in [-0.1, -0.05) is 48.5 Å². The highest BCUT2D eigenvalue weighted by atomic mass is 16.2. The molecule has 0 bridgehead atoms. The molecule has 1 unspecified atom stereocenters. The number of rotatable bonds is 11. The molecule has 0 saturated heterocycles. The van der Waals surface area contributed by atoms with E-state index in [4.69, 9.17) is 5.73 Å². The Hall–Kier alpha value is -5.16. The first-order valence-corrected chi connectivity index (χ1v) is 14.4. The lowest BCUT2D eigenvalue weighted by atomic mass is 9.86. The molecule has 0 radical (unpaired) electrons. The van der Waals surface area contributed by atoms with E-state index < -0.39 is 11.8 Å². The van der Waals surface area contributed by atoms with E-state index in [1.807, 2.05) is 67.5 Å². The molecule has 226 valence electrons. The number of primary amides is 1. The van der Waals surface area contributed by atoms with Crippen LogP contribution in [0.5, 0.6) is 0 Å². The highest BCUT2D eigenvalue weighted by molar-refractivity contribution is 6.04. The van der Waals surface area contributed by atoms with Gasteiger partial charge in [-0.25, -0.2) is 4.98 Å². The average Bonchev–Trinajstić information content (AvgIpc) is 3.02. The number of likely N-dealkylation sites (N-methyl/N-ethyl adjacent to an activating group) is 1. The molecule has 3 N–H and O–H groups in total. The van der Waals surface area contributed by atoms with E-state index in [0.717, 1.165) is 21.9 Å². The topological polar surface area (TPSA) is 142 Å². The Bertz CT molecular complexity index is 1690. The maximum atomic E-state index is 14.2. The normalized spacial score (nSPS) is 14.4. The minimum absolute atomic E-state index is 0.0200. The molecule has 4 aromatic rings. The first-order valence-electron chi connectivity index (χ1n) is 14.4. The standard InChI is InChI=1S/C33H35N7O4/c1-38(2)16-17-39(21-30(34)41)31(42)12-15-40-29(26-9-5-7-22-6-3-4-8-25(22)26)18-23-10-11-24(19-27(23)33(40)44)37-32(43)28-20-35-13-14-36-28/h3-11,13-14,19-20,29H,12,15-18,21H2,1-2H3,(H2,34,41)(H,37,43). The first-order chi connectivity index (χ1) is 21.2. The Labute approximate surface area is 255 Å². The van der Waals surface area contributed by atoms with Gasteiger partial charge in [-0.15, -0.1) is 0 Å². The van der Waals surface area contributed by atoms with E-state index in [1.54, 1.807) is 17.0 Å². The van der Waals surface area contributed by atoms with Crippen molar-refractivity contribution in [3.8, 4) is 0 Å². The van der Waals surface area contributed by atoms with Crippen LogP contribution in [0.2, 0.25) is 0 Å². The number of hydrogen-bond donors (Lipinski definition) is 2. The van der Waals surface area contributed by atoms with Gasteiger partial charge < -0.3 is 25.8 Å². The number of carbonyl (C=O) groups excluding carboxylic acids is 4. The predicted octanol–water partition coefficient (Wildman–Crippen LogP) is 2.89. The van der Waals surface area contributed by atoms with Gasteiger partial charge in [-0.2, -0.15) is 0 Å². The third-order valence-corrected chi connectivity index (χ3v) is 7.71. The van der Waals surface area contributed by atoms with Gasteiger partial charge in [0.2, 0.25) is 11.8 Å². The van der Waals surface area contributed by atoms with E-state index in [2.05, 4.69) is 15.3 Å². The molecule has 1 atom stereocenters. The summed E-state index contributed by atoms with van der Waals surface area (Å²) in [6, 6.07) is 19.0. The van der Waals surface area contributed by atoms with E-state index in [9.17, 15) is 19.2 Å². The molecule has 0 spiro atoms. The van der Waals surface area contributed by atoms with Crippen molar-refractivity contribution in [1.82, 2.24) is 24.7 Å². The van der Waals surface area contributed by atoms with Gasteiger partial charge >= 0.3 is 0 Å². The Kier molecular flexibility index (Phi) is 9.25. The number of nitrogens with two attached hydrogens (primary N) is 1. The molecule has 0 saturated carbocycles. The van der Waals surface area contributed by atoms with Crippen molar-refractivity contribution in [1.29, 1.82) is 0 Å². The molecule has 1 aliphatic heterocycles. The number of amides is 4. The van der Waals surface area contributed by atoms with Gasteiger partial charge in [0, 0.05) is 49.7 Å². The second kappa shape index (κ2) is 13.4. The number of hydrogen-bond acceptors (Lipinski definition) is 7. The Morgan fingerprint density at radius 2 is 1.82 bits per heavy atom. The molecule has 11 heteroatoms. The highest BCUT2D eigenvalue weighted by Gasteiger charge is 2.35. The summed E-state index contributed by atoms with van der Waals surface area (Å²) in [4.78, 5) is 65.1. The molecule has 1 aliphatic rings. The van der Waals surface area contributed by atoms with E-state index >= 15 is 0 Å². The zero-order chi connectivity index (χ0) is 31.2. The smallest absolute Gasteiger partial charge is 0.275 e. The number of fused-ring (bicyclic) bond motifs is 2. The van der Waals surface area contributed by atoms with Crippen molar-refractivity contribution in [2.24, 2.45) is 5.73 Å². The molecular weight excluding hydrogens is 558 g/mol. The van der Waals surface area contributed by atoms with Gasteiger partial charge in [0.25, 0.3) is 11.8 Å². The van der Waals surface area contributed by atoms with Crippen molar-refractivity contribution < 1.29 is 19.2 Å². The number of aromatic nitrogens is 2. The molecule has 1 aromatic heterocycles. The van der Waals surface area contributed by atoms with E-state index in [1.165, 1.54) is 23.5 Å². The van der Waals surface area contributed by atoms with Crippen LogP contribution in [0.15, 0.2) is 79.3 Å². The Morgan fingerprint density at radius 3 is 2.57 bits per heavy atom. The molecule has 2 heterocycles. The minimum atomic E-state index is -0.593. The molecule has 0 aliphatic carbocycles. The fraction of sp³-hybridized carbons (Fsp3) is 0.273. The van der Waals surface area contributed by atoms with Crippen LogP contribution in [-0.2, 0) is 16.0 Å². The third-order valence-electron chi connectivity index (χ3n) is 7.71. The van der Waals surface area contributed by atoms with Crippen molar-refractivity contribution >= 4 is 40.1 Å². The summed E-state index contributed by atoms with van der Waals surface area (Å²) in [7, 11) is 3.77. The molecule has 4 amide bonds. The number of nitrogens with zero attached hydrogens (tertiary/aromatic N) is 5. The van der Waals surface area contributed by atoms with E-state index in [0.29, 0.717) is 30.8 Å². The Balaban J connectivity index is 1.46. The summed E-state index contributed by atoms with van der Waals surface area (Å²) in [5.74, 6) is -1.54. The first kappa shape index (κ1) is 30.3. The van der Waals surface area contributed by atoms with Gasteiger partial charge in [-0.3, -0.25) is 24.2 Å². The van der Waals surface area contributed by atoms with Crippen LogP contribution >= 0.6 is 0 Å². The maximum Gasteiger partial charge on any atom is 0.275 e. The quantitative estimate of drug-likeness (QED) is 0.272. The van der Waals surface area contributed by atoms with Gasteiger partial charge in [-0.05, 0) is 54.5 Å². The summed E-state index contributed by atoms with van der Waals surface area (Å²) < 4.78 is 0. The lowest BCUT2D eigenvalue weighted by Crippen LogP contribution is -2.45. The number of benzene rings is 3. The van der Waals surface area contributed by atoms with E-state index in [-0.39, 0.29) is 43.1 Å². The lowest BCUT2D eigenvalue weighted by Gasteiger charge is -2.38. The zero-order valence-electron chi connectivity index (χ0n) is 24.8. The van der Waals surface area contributed by atoms with Crippen LogP contribution < -0.4 is 11.1 Å². The third kappa shape index (κ3) is 6.90.